The van der Waals surface area contributed by atoms with Crippen LogP contribution in [-0.4, -0.2) is 22.7 Å². The first-order valence-corrected chi connectivity index (χ1v) is 7.07. The van der Waals surface area contributed by atoms with Gasteiger partial charge in [-0.1, -0.05) is 0 Å². The van der Waals surface area contributed by atoms with E-state index in [0.29, 0.717) is 35.6 Å². The van der Waals surface area contributed by atoms with Gasteiger partial charge in [0.2, 0.25) is 0 Å². The Labute approximate surface area is 117 Å². The van der Waals surface area contributed by atoms with Crippen LogP contribution >= 0.6 is 11.3 Å². The number of halogens is 3. The van der Waals surface area contributed by atoms with Gasteiger partial charge < -0.3 is 10.3 Å². The number of nitrogens with zero attached hydrogens (tertiary/aromatic N) is 1. The Hall–Kier alpha value is -1.41. The zero-order chi connectivity index (χ0) is 14.6. The Balaban J connectivity index is 1.77. The van der Waals surface area contributed by atoms with Crippen LogP contribution in [-0.2, 0) is 6.54 Å². The molecule has 0 aliphatic carbocycles. The molecular weight excluding hydrogens is 291 g/mol. The van der Waals surface area contributed by atoms with Crippen molar-refractivity contribution in [3.05, 3.63) is 27.6 Å². The molecule has 0 unspecified atom stereocenters. The molecule has 110 valence electrons. The van der Waals surface area contributed by atoms with Crippen molar-refractivity contribution in [2.24, 2.45) is 0 Å². The fourth-order valence-electron chi connectivity index (χ4n) is 1.79. The minimum absolute atomic E-state index is 0.101. The highest BCUT2D eigenvalue weighted by Crippen LogP contribution is 2.21. The molecule has 2 heterocycles. The minimum atomic E-state index is -4.09. The molecule has 2 aromatic rings. The van der Waals surface area contributed by atoms with Crippen molar-refractivity contribution in [2.45, 2.75) is 32.0 Å². The lowest BCUT2D eigenvalue weighted by Gasteiger charge is -2.06. The van der Waals surface area contributed by atoms with E-state index in [1.807, 2.05) is 0 Å². The van der Waals surface area contributed by atoms with Gasteiger partial charge in [0, 0.05) is 6.42 Å². The van der Waals surface area contributed by atoms with Crippen molar-refractivity contribution in [1.29, 1.82) is 0 Å². The number of rotatable bonds is 6. The second-order valence-electron chi connectivity index (χ2n) is 4.40. The van der Waals surface area contributed by atoms with E-state index in [2.05, 4.69) is 15.3 Å². The molecule has 0 amide bonds. The highest BCUT2D eigenvalue weighted by atomic mass is 32.1. The number of hydrogen-bond donors (Lipinski definition) is 2. The van der Waals surface area contributed by atoms with Crippen LogP contribution in [0, 0.1) is 0 Å². The van der Waals surface area contributed by atoms with E-state index in [0.717, 1.165) is 0 Å². The van der Waals surface area contributed by atoms with Crippen LogP contribution in [0.4, 0.5) is 13.2 Å². The average molecular weight is 305 g/mol. The molecule has 0 aromatic carbocycles. The van der Waals surface area contributed by atoms with Gasteiger partial charge in [0.05, 0.1) is 12.1 Å². The zero-order valence-corrected chi connectivity index (χ0v) is 11.4. The number of H-pyrrole nitrogens is 1. The summed E-state index contributed by atoms with van der Waals surface area (Å²) in [6, 6.07) is 1.77. The predicted octanol–water partition coefficient (Wildman–Crippen LogP) is 2.81. The van der Waals surface area contributed by atoms with Gasteiger partial charge >= 0.3 is 6.18 Å². The molecule has 2 aromatic heterocycles. The number of aromatic amines is 1. The molecule has 0 bridgehead atoms. The summed E-state index contributed by atoms with van der Waals surface area (Å²) in [7, 11) is 0. The first-order valence-electron chi connectivity index (χ1n) is 6.19. The SMILES string of the molecule is O=c1[nH]c(CNCCCCC(F)(F)F)nc2ccsc12. The van der Waals surface area contributed by atoms with E-state index < -0.39 is 12.6 Å². The number of hydrogen-bond acceptors (Lipinski definition) is 4. The van der Waals surface area contributed by atoms with Crippen LogP contribution in [0.2, 0.25) is 0 Å². The molecule has 4 nitrogen and oxygen atoms in total. The molecule has 0 spiro atoms. The van der Waals surface area contributed by atoms with Gasteiger partial charge in [0.25, 0.3) is 5.56 Å². The molecule has 8 heteroatoms. The lowest BCUT2D eigenvalue weighted by atomic mass is 10.2. The Morgan fingerprint density at radius 1 is 1.35 bits per heavy atom. The number of alkyl halides is 3. The first kappa shape index (κ1) is 15.0. The van der Waals surface area contributed by atoms with Crippen LogP contribution in [0.3, 0.4) is 0 Å². The Bertz CT molecular complexity index is 620. The number of thiophene rings is 1. The molecule has 0 radical (unpaired) electrons. The lowest BCUT2D eigenvalue weighted by Crippen LogP contribution is -2.20. The topological polar surface area (TPSA) is 57.8 Å². The average Bonchev–Trinajstić information content (AvgIpc) is 2.81. The maximum Gasteiger partial charge on any atom is 0.389 e. The second-order valence-corrected chi connectivity index (χ2v) is 5.31. The molecule has 0 aliphatic heterocycles. The van der Waals surface area contributed by atoms with Crippen molar-refractivity contribution >= 4 is 21.6 Å². The summed E-state index contributed by atoms with van der Waals surface area (Å²) in [6.45, 7) is 0.800. The second kappa shape index (κ2) is 6.36. The van der Waals surface area contributed by atoms with Gasteiger partial charge in [-0.2, -0.15) is 13.2 Å². The van der Waals surface area contributed by atoms with Crippen LogP contribution < -0.4 is 10.9 Å². The molecule has 0 saturated heterocycles. The van der Waals surface area contributed by atoms with Crippen LogP contribution in [0.25, 0.3) is 10.2 Å². The van der Waals surface area contributed by atoms with Gasteiger partial charge in [-0.25, -0.2) is 4.98 Å². The molecule has 0 atom stereocenters. The van der Waals surface area contributed by atoms with E-state index in [1.54, 1.807) is 11.4 Å². The maximum atomic E-state index is 11.9. The van der Waals surface area contributed by atoms with Crippen molar-refractivity contribution < 1.29 is 13.2 Å². The summed E-state index contributed by atoms with van der Waals surface area (Å²) >= 11 is 1.33. The fraction of sp³-hybridized carbons (Fsp3) is 0.500. The highest BCUT2D eigenvalue weighted by molar-refractivity contribution is 7.17. The molecule has 2 rings (SSSR count). The maximum absolute atomic E-state index is 11.9. The van der Waals surface area contributed by atoms with Gasteiger partial charge in [0.1, 0.15) is 10.5 Å². The Morgan fingerprint density at radius 2 is 2.15 bits per heavy atom. The predicted molar refractivity (Wildman–Crippen MR) is 71.9 cm³/mol. The monoisotopic (exact) mass is 305 g/mol. The Morgan fingerprint density at radius 3 is 2.90 bits per heavy atom. The van der Waals surface area contributed by atoms with E-state index in [4.69, 9.17) is 0 Å². The molecule has 0 fully saturated rings. The minimum Gasteiger partial charge on any atom is -0.310 e. The van der Waals surface area contributed by atoms with Gasteiger partial charge in [-0.05, 0) is 30.8 Å². The van der Waals surface area contributed by atoms with Crippen LogP contribution in [0.5, 0.6) is 0 Å². The van der Waals surface area contributed by atoms with Crippen LogP contribution in [0.15, 0.2) is 16.2 Å². The lowest BCUT2D eigenvalue weighted by molar-refractivity contribution is -0.135. The van der Waals surface area contributed by atoms with E-state index in [1.165, 1.54) is 11.3 Å². The summed E-state index contributed by atoms with van der Waals surface area (Å²) in [4.78, 5) is 18.6. The number of nitrogens with one attached hydrogen (secondary N) is 2. The molecular formula is C12H14F3N3OS. The molecule has 0 aliphatic rings. The van der Waals surface area contributed by atoms with Crippen molar-refractivity contribution in [3.63, 3.8) is 0 Å². The Kier molecular flexibility index (Phi) is 4.77. The van der Waals surface area contributed by atoms with E-state index >= 15 is 0 Å². The number of unbranched alkanes of at least 4 members (excludes halogenated alkanes) is 1. The normalized spacial score (nSPS) is 12.2. The summed E-state index contributed by atoms with van der Waals surface area (Å²) in [5.41, 5.74) is 0.464. The van der Waals surface area contributed by atoms with Crippen molar-refractivity contribution in [2.75, 3.05) is 6.54 Å². The third kappa shape index (κ3) is 4.31. The molecule has 2 N–H and O–H groups in total. The van der Waals surface area contributed by atoms with Gasteiger partial charge in [0.15, 0.2) is 0 Å². The summed E-state index contributed by atoms with van der Waals surface area (Å²) in [6.07, 6.45) is -4.31. The highest BCUT2D eigenvalue weighted by Gasteiger charge is 2.25. The first-order chi connectivity index (χ1) is 9.46. The summed E-state index contributed by atoms with van der Waals surface area (Å²) < 4.78 is 36.4. The quantitative estimate of drug-likeness (QED) is 0.807. The largest absolute Gasteiger partial charge is 0.389 e. The third-order valence-corrected chi connectivity index (χ3v) is 3.62. The summed E-state index contributed by atoms with van der Waals surface area (Å²) in [5.74, 6) is 0.497. The van der Waals surface area contributed by atoms with Crippen LogP contribution in [0.1, 0.15) is 25.1 Å². The van der Waals surface area contributed by atoms with Gasteiger partial charge in [-0.3, -0.25) is 4.79 Å². The summed E-state index contributed by atoms with van der Waals surface area (Å²) in [5, 5.41) is 4.77. The molecule has 0 saturated carbocycles. The standard InChI is InChI=1S/C12H14F3N3OS/c13-12(14,15)4-1-2-5-16-7-9-17-8-3-6-20-10(8)11(19)18-9/h3,6,16H,1-2,4-5,7H2,(H,17,18,19). The van der Waals surface area contributed by atoms with Crippen molar-refractivity contribution in [1.82, 2.24) is 15.3 Å². The zero-order valence-electron chi connectivity index (χ0n) is 10.6. The van der Waals surface area contributed by atoms with E-state index in [-0.39, 0.29) is 12.0 Å². The number of aromatic nitrogens is 2. The fourth-order valence-corrected chi connectivity index (χ4v) is 2.51. The smallest absolute Gasteiger partial charge is 0.310 e. The van der Waals surface area contributed by atoms with Crippen molar-refractivity contribution in [3.8, 4) is 0 Å². The molecule has 20 heavy (non-hydrogen) atoms. The third-order valence-electron chi connectivity index (χ3n) is 2.72. The van der Waals surface area contributed by atoms with Gasteiger partial charge in [-0.15, -0.1) is 11.3 Å². The van der Waals surface area contributed by atoms with E-state index in [9.17, 15) is 18.0 Å². The number of fused-ring (bicyclic) bond motifs is 1.